The van der Waals surface area contributed by atoms with Gasteiger partial charge < -0.3 is 19.7 Å². The van der Waals surface area contributed by atoms with E-state index in [4.69, 9.17) is 21.4 Å². The van der Waals surface area contributed by atoms with Crippen LogP contribution in [0.3, 0.4) is 0 Å². The molecule has 0 radical (unpaired) electrons. The number of fused-ring (bicyclic) bond motifs is 2. The van der Waals surface area contributed by atoms with Crippen molar-refractivity contribution in [3.63, 3.8) is 0 Å². The Kier molecular flexibility index (Phi) is 6.47. The van der Waals surface area contributed by atoms with Crippen LogP contribution in [0.2, 0.25) is 5.02 Å². The maximum Gasteiger partial charge on any atom is 0.341 e. The van der Waals surface area contributed by atoms with Gasteiger partial charge in [0.05, 0.1) is 6.04 Å². The summed E-state index contributed by atoms with van der Waals surface area (Å²) in [5.41, 5.74) is 5.00. The number of hydrogen-bond donors (Lipinski definition) is 2. The summed E-state index contributed by atoms with van der Waals surface area (Å²) < 4.78 is 5.62. The molecule has 1 aromatic heterocycles. The second kappa shape index (κ2) is 9.84. The summed E-state index contributed by atoms with van der Waals surface area (Å²) in [6.07, 6.45) is 3.69. The first-order valence-corrected chi connectivity index (χ1v) is 12.0. The van der Waals surface area contributed by atoms with E-state index in [1.54, 1.807) is 18.2 Å². The molecule has 1 aliphatic rings. The lowest BCUT2D eigenvalue weighted by atomic mass is 9.87. The number of carbonyl (C=O) groups is 2. The van der Waals surface area contributed by atoms with E-state index in [0.717, 1.165) is 34.0 Å². The number of aryl methyl sites for hydroxylation is 1. The molecule has 4 aromatic rings. The molecular formula is C28H25ClN2O4. The molecule has 0 spiro atoms. The monoisotopic (exact) mass is 488 g/mol. The Balaban J connectivity index is 1.48. The standard InChI is InChI=1S/C28H25ClN2O4/c29-20-10-11-25(35-17-27(33)34)23(15-20)28-22-7-2-1-5-18(22)13-14-31(28)26(32)12-9-19-16-30-24-8-4-3-6-21(19)24/h1-8,10-11,15-16,28,30H,9,12-14,17H2,(H,33,34). The van der Waals surface area contributed by atoms with Crippen LogP contribution in [0.4, 0.5) is 0 Å². The normalized spacial score (nSPS) is 15.1. The first-order chi connectivity index (χ1) is 17.0. The first-order valence-electron chi connectivity index (χ1n) is 11.6. The van der Waals surface area contributed by atoms with Crippen molar-refractivity contribution in [2.45, 2.75) is 25.3 Å². The van der Waals surface area contributed by atoms with Crippen molar-refractivity contribution in [1.29, 1.82) is 0 Å². The molecule has 1 amide bonds. The van der Waals surface area contributed by atoms with Crippen molar-refractivity contribution in [2.24, 2.45) is 0 Å². The van der Waals surface area contributed by atoms with E-state index in [1.807, 2.05) is 47.5 Å². The van der Waals surface area contributed by atoms with Gasteiger partial charge in [-0.2, -0.15) is 0 Å². The van der Waals surface area contributed by atoms with Gasteiger partial charge in [-0.3, -0.25) is 4.79 Å². The number of para-hydroxylation sites is 1. The number of H-pyrrole nitrogens is 1. The zero-order valence-corrected chi connectivity index (χ0v) is 19.8. The van der Waals surface area contributed by atoms with E-state index in [1.165, 1.54) is 0 Å². The summed E-state index contributed by atoms with van der Waals surface area (Å²) in [6, 6.07) is 20.8. The van der Waals surface area contributed by atoms with E-state index in [-0.39, 0.29) is 5.91 Å². The molecule has 2 N–H and O–H groups in total. The van der Waals surface area contributed by atoms with Crippen molar-refractivity contribution < 1.29 is 19.4 Å². The highest BCUT2D eigenvalue weighted by Crippen LogP contribution is 2.41. The van der Waals surface area contributed by atoms with Gasteiger partial charge in [-0.15, -0.1) is 0 Å². The van der Waals surface area contributed by atoms with Gasteiger partial charge in [-0.05, 0) is 53.8 Å². The number of nitrogens with zero attached hydrogens (tertiary/aromatic N) is 1. The van der Waals surface area contributed by atoms with Crippen LogP contribution in [0.15, 0.2) is 72.9 Å². The molecule has 3 aromatic carbocycles. The third kappa shape index (κ3) is 4.75. The number of hydrogen-bond acceptors (Lipinski definition) is 3. The minimum atomic E-state index is -1.07. The van der Waals surface area contributed by atoms with Crippen LogP contribution in [0.25, 0.3) is 10.9 Å². The number of amides is 1. The van der Waals surface area contributed by atoms with Crippen LogP contribution >= 0.6 is 11.6 Å². The van der Waals surface area contributed by atoms with Gasteiger partial charge in [-0.1, -0.05) is 54.1 Å². The Labute approximate surface area is 208 Å². The zero-order valence-electron chi connectivity index (χ0n) is 19.0. The van der Waals surface area contributed by atoms with Crippen molar-refractivity contribution in [3.05, 3.63) is 100 Å². The molecule has 1 atom stereocenters. The lowest BCUT2D eigenvalue weighted by molar-refractivity contribution is -0.139. The Morgan fingerprint density at radius 3 is 2.71 bits per heavy atom. The summed E-state index contributed by atoms with van der Waals surface area (Å²) in [4.78, 5) is 29.9. The number of nitrogens with one attached hydrogen (secondary N) is 1. The second-order valence-corrected chi connectivity index (χ2v) is 9.10. The number of carboxylic acids is 1. The van der Waals surface area contributed by atoms with Crippen molar-refractivity contribution in [1.82, 2.24) is 9.88 Å². The number of carboxylic acid groups (broad SMARTS) is 1. The molecule has 0 bridgehead atoms. The largest absolute Gasteiger partial charge is 0.482 e. The minimum Gasteiger partial charge on any atom is -0.482 e. The number of carbonyl (C=O) groups excluding carboxylic acids is 1. The number of aromatic nitrogens is 1. The lowest BCUT2D eigenvalue weighted by Gasteiger charge is -2.38. The zero-order chi connectivity index (χ0) is 24.4. The highest BCUT2D eigenvalue weighted by Gasteiger charge is 2.34. The van der Waals surface area contributed by atoms with Crippen molar-refractivity contribution >= 4 is 34.4 Å². The predicted octanol–water partition coefficient (Wildman–Crippen LogP) is 5.39. The van der Waals surface area contributed by atoms with Gasteiger partial charge in [0.1, 0.15) is 5.75 Å². The van der Waals surface area contributed by atoms with Crippen molar-refractivity contribution in [2.75, 3.05) is 13.2 Å². The summed E-state index contributed by atoms with van der Waals surface area (Å²) in [7, 11) is 0. The molecule has 2 heterocycles. The van der Waals surface area contributed by atoms with Gasteiger partial charge in [-0.25, -0.2) is 4.79 Å². The third-order valence-corrected chi connectivity index (χ3v) is 6.74. The van der Waals surface area contributed by atoms with Gasteiger partial charge in [0.15, 0.2) is 6.61 Å². The van der Waals surface area contributed by atoms with E-state index in [9.17, 15) is 9.59 Å². The van der Waals surface area contributed by atoms with Gasteiger partial charge in [0.2, 0.25) is 5.91 Å². The number of aromatic amines is 1. The maximum atomic E-state index is 13.6. The Morgan fingerprint density at radius 2 is 1.86 bits per heavy atom. The minimum absolute atomic E-state index is 0.0268. The molecule has 1 unspecified atom stereocenters. The molecule has 1 aliphatic heterocycles. The second-order valence-electron chi connectivity index (χ2n) is 8.66. The van der Waals surface area contributed by atoms with Crippen LogP contribution < -0.4 is 4.74 Å². The number of halogens is 1. The molecule has 5 rings (SSSR count). The van der Waals surface area contributed by atoms with Crippen LogP contribution in [0.5, 0.6) is 5.75 Å². The van der Waals surface area contributed by atoms with Crippen LogP contribution in [0, 0.1) is 0 Å². The maximum absolute atomic E-state index is 13.6. The molecule has 7 heteroatoms. The van der Waals surface area contributed by atoms with E-state index < -0.39 is 18.6 Å². The fraction of sp³-hybridized carbons (Fsp3) is 0.214. The number of ether oxygens (including phenoxy) is 1. The number of aliphatic carboxylic acids is 1. The topological polar surface area (TPSA) is 82.6 Å². The summed E-state index contributed by atoms with van der Waals surface area (Å²) in [5.74, 6) is -0.631. The molecule has 0 aliphatic carbocycles. The summed E-state index contributed by atoms with van der Waals surface area (Å²) in [5, 5.41) is 10.8. The molecule has 0 saturated carbocycles. The Hall–Kier alpha value is -3.77. The SMILES string of the molecule is O=C(O)COc1ccc(Cl)cc1C1c2ccccc2CCN1C(=O)CCc1c[nH]c2ccccc12. The molecule has 0 fully saturated rings. The summed E-state index contributed by atoms with van der Waals surface area (Å²) >= 11 is 6.36. The number of rotatable bonds is 7. The molecule has 6 nitrogen and oxygen atoms in total. The molecule has 0 saturated heterocycles. The quantitative estimate of drug-likeness (QED) is 0.365. The van der Waals surface area contributed by atoms with Crippen LogP contribution in [-0.2, 0) is 22.4 Å². The van der Waals surface area contributed by atoms with E-state index in [0.29, 0.717) is 35.7 Å². The van der Waals surface area contributed by atoms with Gasteiger partial charge in [0.25, 0.3) is 0 Å². The van der Waals surface area contributed by atoms with Gasteiger partial charge >= 0.3 is 5.97 Å². The highest BCUT2D eigenvalue weighted by molar-refractivity contribution is 6.30. The third-order valence-electron chi connectivity index (χ3n) is 6.50. The van der Waals surface area contributed by atoms with E-state index in [2.05, 4.69) is 17.1 Å². The fourth-order valence-electron chi connectivity index (χ4n) is 4.90. The number of benzene rings is 3. The highest BCUT2D eigenvalue weighted by atomic mass is 35.5. The predicted molar refractivity (Wildman–Crippen MR) is 135 cm³/mol. The first kappa shape index (κ1) is 23.0. The van der Waals surface area contributed by atoms with Gasteiger partial charge in [0, 0.05) is 40.7 Å². The van der Waals surface area contributed by atoms with Crippen molar-refractivity contribution in [3.8, 4) is 5.75 Å². The average Bonchev–Trinajstić information content (AvgIpc) is 3.29. The molecule has 35 heavy (non-hydrogen) atoms. The fourth-order valence-corrected chi connectivity index (χ4v) is 5.08. The Morgan fingerprint density at radius 1 is 1.06 bits per heavy atom. The molecular weight excluding hydrogens is 464 g/mol. The van der Waals surface area contributed by atoms with E-state index >= 15 is 0 Å². The molecule has 178 valence electrons. The smallest absolute Gasteiger partial charge is 0.341 e. The summed E-state index contributed by atoms with van der Waals surface area (Å²) in [6.45, 7) is 0.0801. The average molecular weight is 489 g/mol. The van der Waals surface area contributed by atoms with Crippen LogP contribution in [-0.4, -0.2) is 40.0 Å². The lowest BCUT2D eigenvalue weighted by Crippen LogP contribution is -2.41. The van der Waals surface area contributed by atoms with Crippen LogP contribution in [0.1, 0.15) is 34.7 Å². The Bertz CT molecular complexity index is 1400.